The zero-order valence-corrected chi connectivity index (χ0v) is 10.5. The Kier molecular flexibility index (Phi) is 4.97. The van der Waals surface area contributed by atoms with Gasteiger partial charge in [-0.25, -0.2) is 4.79 Å². The van der Waals surface area contributed by atoms with E-state index < -0.39 is 17.7 Å². The molecular weight excluding hydrogens is 261 g/mol. The molecule has 0 saturated carbocycles. The fourth-order valence-electron chi connectivity index (χ4n) is 1.37. The summed E-state index contributed by atoms with van der Waals surface area (Å²) in [7, 11) is 1.26. The van der Waals surface area contributed by atoms with E-state index in [9.17, 15) is 18.0 Å². The van der Waals surface area contributed by atoms with Crippen molar-refractivity contribution in [1.82, 2.24) is 0 Å². The first-order chi connectivity index (χ1) is 8.88. The quantitative estimate of drug-likeness (QED) is 0.624. The lowest BCUT2D eigenvalue weighted by atomic mass is 10.1. The molecule has 3 nitrogen and oxygen atoms in total. The second kappa shape index (κ2) is 6.26. The molecule has 0 spiro atoms. The summed E-state index contributed by atoms with van der Waals surface area (Å²) in [6.07, 6.45) is -1.96. The standard InChI is InChI=1S/C13H13F3O3/c1-3-19-12(17)7-5-9-4-6-10(13(14,15)16)8-11(9)18-2/h4-8H,3H2,1-2H3. The molecule has 0 radical (unpaired) electrons. The highest BCUT2D eigenvalue weighted by atomic mass is 19.4. The third-order valence-electron chi connectivity index (χ3n) is 2.25. The van der Waals surface area contributed by atoms with Crippen LogP contribution in [0, 0.1) is 0 Å². The summed E-state index contributed by atoms with van der Waals surface area (Å²) >= 11 is 0. The van der Waals surface area contributed by atoms with Crippen LogP contribution in [0.3, 0.4) is 0 Å². The van der Waals surface area contributed by atoms with E-state index >= 15 is 0 Å². The number of methoxy groups -OCH3 is 1. The molecule has 104 valence electrons. The number of benzene rings is 1. The molecule has 6 heteroatoms. The molecule has 0 aromatic heterocycles. The molecule has 0 aliphatic carbocycles. The summed E-state index contributed by atoms with van der Waals surface area (Å²) in [6, 6.07) is 3.04. The maximum Gasteiger partial charge on any atom is 0.416 e. The molecule has 1 rings (SSSR count). The Morgan fingerprint density at radius 1 is 1.37 bits per heavy atom. The molecule has 0 aliphatic heterocycles. The lowest BCUT2D eigenvalue weighted by molar-refractivity contribution is -0.138. The van der Waals surface area contributed by atoms with Gasteiger partial charge < -0.3 is 9.47 Å². The van der Waals surface area contributed by atoms with E-state index in [4.69, 9.17) is 4.74 Å². The highest BCUT2D eigenvalue weighted by Crippen LogP contribution is 2.33. The number of hydrogen-bond donors (Lipinski definition) is 0. The fraction of sp³-hybridized carbons (Fsp3) is 0.308. The summed E-state index contributed by atoms with van der Waals surface area (Å²) in [5.74, 6) is -0.528. The maximum absolute atomic E-state index is 12.5. The first-order valence-electron chi connectivity index (χ1n) is 5.48. The molecule has 0 aliphatic rings. The van der Waals surface area contributed by atoms with E-state index in [1.165, 1.54) is 19.3 Å². The zero-order valence-electron chi connectivity index (χ0n) is 10.5. The largest absolute Gasteiger partial charge is 0.496 e. The number of hydrogen-bond acceptors (Lipinski definition) is 3. The summed E-state index contributed by atoms with van der Waals surface area (Å²) in [5, 5.41) is 0. The van der Waals surface area contributed by atoms with Crippen LogP contribution in [0.5, 0.6) is 5.75 Å². The van der Waals surface area contributed by atoms with Crippen LogP contribution in [0.25, 0.3) is 6.08 Å². The van der Waals surface area contributed by atoms with Crippen molar-refractivity contribution in [3.05, 3.63) is 35.4 Å². The molecule has 0 N–H and O–H groups in total. The van der Waals surface area contributed by atoms with Crippen LogP contribution in [0.4, 0.5) is 13.2 Å². The van der Waals surface area contributed by atoms with E-state index in [-0.39, 0.29) is 12.4 Å². The average molecular weight is 274 g/mol. The van der Waals surface area contributed by atoms with Crippen molar-refractivity contribution in [1.29, 1.82) is 0 Å². The molecule has 0 unspecified atom stereocenters. The lowest BCUT2D eigenvalue weighted by Crippen LogP contribution is -2.05. The van der Waals surface area contributed by atoms with Gasteiger partial charge in [-0.2, -0.15) is 13.2 Å². The van der Waals surface area contributed by atoms with Crippen LogP contribution in [0.1, 0.15) is 18.1 Å². The third-order valence-corrected chi connectivity index (χ3v) is 2.25. The van der Waals surface area contributed by atoms with E-state index in [0.717, 1.165) is 18.2 Å². The van der Waals surface area contributed by atoms with Gasteiger partial charge in [-0.15, -0.1) is 0 Å². The van der Waals surface area contributed by atoms with Crippen LogP contribution >= 0.6 is 0 Å². The van der Waals surface area contributed by atoms with Crippen LogP contribution < -0.4 is 4.74 Å². The van der Waals surface area contributed by atoms with Crippen LogP contribution in [0.15, 0.2) is 24.3 Å². The smallest absolute Gasteiger partial charge is 0.416 e. The van der Waals surface area contributed by atoms with E-state index in [1.807, 2.05) is 0 Å². The van der Waals surface area contributed by atoms with Gasteiger partial charge >= 0.3 is 12.1 Å². The third kappa shape index (κ3) is 4.31. The van der Waals surface area contributed by atoms with Gasteiger partial charge in [0.15, 0.2) is 0 Å². The Labute approximate surface area is 108 Å². The fourth-order valence-corrected chi connectivity index (χ4v) is 1.37. The van der Waals surface area contributed by atoms with Gasteiger partial charge in [0.25, 0.3) is 0 Å². The molecule has 19 heavy (non-hydrogen) atoms. The number of ether oxygens (including phenoxy) is 2. The van der Waals surface area contributed by atoms with Crippen molar-refractivity contribution >= 4 is 12.0 Å². The SMILES string of the molecule is CCOC(=O)C=Cc1ccc(C(F)(F)F)cc1OC. The van der Waals surface area contributed by atoms with Gasteiger partial charge in [0, 0.05) is 11.6 Å². The highest BCUT2D eigenvalue weighted by Gasteiger charge is 2.31. The number of carbonyl (C=O) groups excluding carboxylic acids is 1. The minimum atomic E-state index is -4.43. The summed E-state index contributed by atoms with van der Waals surface area (Å²) < 4.78 is 47.0. The summed E-state index contributed by atoms with van der Waals surface area (Å²) in [6.45, 7) is 1.89. The van der Waals surface area contributed by atoms with Crippen LogP contribution in [-0.2, 0) is 15.7 Å². The van der Waals surface area contributed by atoms with Gasteiger partial charge in [-0.05, 0) is 25.1 Å². The molecule has 1 aromatic carbocycles. The number of halogens is 3. The van der Waals surface area contributed by atoms with Crippen molar-refractivity contribution in [2.45, 2.75) is 13.1 Å². The first-order valence-corrected chi connectivity index (χ1v) is 5.48. The first kappa shape index (κ1) is 15.1. The number of alkyl halides is 3. The Morgan fingerprint density at radius 2 is 2.05 bits per heavy atom. The zero-order chi connectivity index (χ0) is 14.5. The summed E-state index contributed by atoms with van der Waals surface area (Å²) in [5.41, 5.74) is -0.443. The molecule has 0 atom stereocenters. The highest BCUT2D eigenvalue weighted by molar-refractivity contribution is 5.87. The molecule has 1 aromatic rings. The molecule has 0 saturated heterocycles. The predicted octanol–water partition coefficient (Wildman–Crippen LogP) is 3.29. The van der Waals surface area contributed by atoms with Crippen molar-refractivity contribution in [3.63, 3.8) is 0 Å². The van der Waals surface area contributed by atoms with Gasteiger partial charge in [-0.3, -0.25) is 0 Å². The van der Waals surface area contributed by atoms with Crippen molar-refractivity contribution < 1.29 is 27.4 Å². The Morgan fingerprint density at radius 3 is 2.58 bits per heavy atom. The second-order valence-electron chi connectivity index (χ2n) is 3.54. The van der Waals surface area contributed by atoms with Gasteiger partial charge in [0.1, 0.15) is 5.75 Å². The Bertz CT molecular complexity index is 479. The van der Waals surface area contributed by atoms with Gasteiger partial charge in [-0.1, -0.05) is 6.07 Å². The van der Waals surface area contributed by atoms with Crippen molar-refractivity contribution in [2.75, 3.05) is 13.7 Å². The Balaban J connectivity index is 3.00. The van der Waals surface area contributed by atoms with Crippen LogP contribution in [0.2, 0.25) is 0 Å². The predicted molar refractivity (Wildman–Crippen MR) is 63.7 cm³/mol. The normalized spacial score (nSPS) is 11.6. The Hall–Kier alpha value is -1.98. The molecule has 0 heterocycles. The van der Waals surface area contributed by atoms with E-state index in [0.29, 0.717) is 5.56 Å². The van der Waals surface area contributed by atoms with Gasteiger partial charge in [0.2, 0.25) is 0 Å². The topological polar surface area (TPSA) is 35.5 Å². The van der Waals surface area contributed by atoms with Crippen LogP contribution in [-0.4, -0.2) is 19.7 Å². The monoisotopic (exact) mass is 274 g/mol. The molecule has 0 amide bonds. The number of esters is 1. The molecule has 0 bridgehead atoms. The minimum Gasteiger partial charge on any atom is -0.496 e. The average Bonchev–Trinajstić information content (AvgIpc) is 2.35. The second-order valence-corrected chi connectivity index (χ2v) is 3.54. The summed E-state index contributed by atoms with van der Waals surface area (Å²) in [4.78, 5) is 11.1. The van der Waals surface area contributed by atoms with Gasteiger partial charge in [0.05, 0.1) is 19.3 Å². The molecule has 0 fully saturated rings. The van der Waals surface area contributed by atoms with E-state index in [1.54, 1.807) is 6.92 Å². The van der Waals surface area contributed by atoms with Crippen molar-refractivity contribution in [3.8, 4) is 5.75 Å². The number of carbonyl (C=O) groups is 1. The van der Waals surface area contributed by atoms with Crippen molar-refractivity contribution in [2.24, 2.45) is 0 Å². The minimum absolute atomic E-state index is 0.0374. The lowest BCUT2D eigenvalue weighted by Gasteiger charge is -2.10. The number of rotatable bonds is 4. The van der Waals surface area contributed by atoms with E-state index in [2.05, 4.69) is 4.74 Å². The maximum atomic E-state index is 12.5. The molecular formula is C13H13F3O3.